The summed E-state index contributed by atoms with van der Waals surface area (Å²) in [6.45, 7) is 2.30. The SMILES string of the molecule is CCCN(CCCN)c1c(F)c(F)c(F)c(F)c1F. The fourth-order valence-corrected chi connectivity index (χ4v) is 1.76. The first-order valence-electron chi connectivity index (χ1n) is 5.92. The second kappa shape index (κ2) is 6.70. The van der Waals surface area contributed by atoms with Crippen molar-refractivity contribution in [2.24, 2.45) is 5.73 Å². The van der Waals surface area contributed by atoms with Gasteiger partial charge in [0.05, 0.1) is 0 Å². The molecule has 1 aromatic rings. The summed E-state index contributed by atoms with van der Waals surface area (Å²) in [5.41, 5.74) is 4.41. The Labute approximate surface area is 108 Å². The first-order valence-corrected chi connectivity index (χ1v) is 5.92. The molecule has 0 fully saturated rings. The van der Waals surface area contributed by atoms with Gasteiger partial charge in [-0.3, -0.25) is 0 Å². The summed E-state index contributed by atoms with van der Waals surface area (Å²) in [5.74, 6) is -9.61. The molecule has 1 aromatic carbocycles. The first-order chi connectivity index (χ1) is 8.95. The van der Waals surface area contributed by atoms with Crippen molar-refractivity contribution in [1.82, 2.24) is 0 Å². The highest BCUT2D eigenvalue weighted by Crippen LogP contribution is 2.30. The Morgan fingerprint density at radius 3 is 1.74 bits per heavy atom. The summed E-state index contributed by atoms with van der Waals surface area (Å²) in [6.07, 6.45) is 0.892. The predicted octanol–water partition coefficient (Wildman–Crippen LogP) is 2.95. The van der Waals surface area contributed by atoms with Crippen LogP contribution < -0.4 is 10.6 Å². The normalized spacial score (nSPS) is 10.9. The van der Waals surface area contributed by atoms with E-state index in [9.17, 15) is 22.0 Å². The molecule has 0 heterocycles. The third-order valence-corrected chi connectivity index (χ3v) is 2.63. The molecule has 0 saturated carbocycles. The van der Waals surface area contributed by atoms with E-state index in [-0.39, 0.29) is 19.6 Å². The summed E-state index contributed by atoms with van der Waals surface area (Å²) in [4.78, 5) is 1.13. The lowest BCUT2D eigenvalue weighted by Crippen LogP contribution is -2.29. The number of nitrogens with two attached hydrogens (primary N) is 1. The fourth-order valence-electron chi connectivity index (χ4n) is 1.76. The minimum Gasteiger partial charge on any atom is -0.367 e. The lowest BCUT2D eigenvalue weighted by Gasteiger charge is -2.25. The number of benzene rings is 1. The summed E-state index contributed by atoms with van der Waals surface area (Å²) in [5, 5.41) is 0. The smallest absolute Gasteiger partial charge is 0.200 e. The van der Waals surface area contributed by atoms with Crippen LogP contribution in [0.2, 0.25) is 0 Å². The Morgan fingerprint density at radius 2 is 1.32 bits per heavy atom. The average Bonchev–Trinajstić information content (AvgIpc) is 2.40. The van der Waals surface area contributed by atoms with Crippen molar-refractivity contribution in [3.8, 4) is 0 Å². The summed E-state index contributed by atoms with van der Waals surface area (Å²) in [7, 11) is 0. The monoisotopic (exact) mass is 282 g/mol. The summed E-state index contributed by atoms with van der Waals surface area (Å²) in [6, 6.07) is 0. The van der Waals surface area contributed by atoms with Crippen LogP contribution in [0.5, 0.6) is 0 Å². The Bertz CT molecular complexity index is 421. The molecule has 0 bridgehead atoms. The number of rotatable bonds is 6. The Hall–Kier alpha value is -1.37. The lowest BCUT2D eigenvalue weighted by atomic mass is 10.2. The minimum atomic E-state index is -2.14. The molecule has 1 rings (SSSR count). The van der Waals surface area contributed by atoms with Crippen molar-refractivity contribution in [1.29, 1.82) is 0 Å². The standard InChI is InChI=1S/C12H15F5N2/c1-2-5-19(6-3-4-18)12-10(16)8(14)7(13)9(15)11(12)17/h2-6,18H2,1H3. The van der Waals surface area contributed by atoms with E-state index in [1.165, 1.54) is 0 Å². The molecule has 7 heteroatoms. The van der Waals surface area contributed by atoms with Gasteiger partial charge >= 0.3 is 0 Å². The highest BCUT2D eigenvalue weighted by molar-refractivity contribution is 5.50. The van der Waals surface area contributed by atoms with E-state index in [1.807, 2.05) is 0 Å². The number of nitrogens with zero attached hydrogens (tertiary/aromatic N) is 1. The molecule has 0 aromatic heterocycles. The van der Waals surface area contributed by atoms with Crippen LogP contribution >= 0.6 is 0 Å². The molecular formula is C12H15F5N2. The number of hydrogen-bond acceptors (Lipinski definition) is 2. The van der Waals surface area contributed by atoms with Gasteiger partial charge in [0.1, 0.15) is 5.69 Å². The molecule has 0 aliphatic carbocycles. The van der Waals surface area contributed by atoms with Gasteiger partial charge in [0.25, 0.3) is 0 Å². The van der Waals surface area contributed by atoms with Crippen molar-refractivity contribution >= 4 is 5.69 Å². The number of anilines is 1. The molecule has 19 heavy (non-hydrogen) atoms. The van der Waals surface area contributed by atoms with E-state index >= 15 is 0 Å². The second-order valence-electron chi connectivity index (χ2n) is 4.05. The molecular weight excluding hydrogens is 267 g/mol. The largest absolute Gasteiger partial charge is 0.367 e. The maximum atomic E-state index is 13.6. The van der Waals surface area contributed by atoms with Crippen LogP contribution in [0.4, 0.5) is 27.6 Å². The van der Waals surface area contributed by atoms with Gasteiger partial charge in [-0.15, -0.1) is 0 Å². The van der Waals surface area contributed by atoms with Crippen LogP contribution in [0.3, 0.4) is 0 Å². The van der Waals surface area contributed by atoms with Gasteiger partial charge in [-0.2, -0.15) is 0 Å². The van der Waals surface area contributed by atoms with Crippen molar-refractivity contribution in [3.05, 3.63) is 29.1 Å². The maximum Gasteiger partial charge on any atom is 0.200 e. The zero-order valence-electron chi connectivity index (χ0n) is 10.4. The van der Waals surface area contributed by atoms with Crippen LogP contribution in [0, 0.1) is 29.1 Å². The summed E-state index contributed by atoms with van der Waals surface area (Å²) < 4.78 is 66.4. The Balaban J connectivity index is 3.29. The topological polar surface area (TPSA) is 29.3 Å². The molecule has 0 amide bonds. The lowest BCUT2D eigenvalue weighted by molar-refractivity contribution is 0.377. The first kappa shape index (κ1) is 15.7. The molecule has 0 saturated heterocycles. The van der Waals surface area contributed by atoms with Gasteiger partial charge in [0.15, 0.2) is 23.3 Å². The molecule has 0 unspecified atom stereocenters. The van der Waals surface area contributed by atoms with E-state index in [2.05, 4.69) is 0 Å². The molecule has 2 nitrogen and oxygen atoms in total. The molecule has 0 aliphatic rings. The second-order valence-corrected chi connectivity index (χ2v) is 4.05. The van der Waals surface area contributed by atoms with Gasteiger partial charge in [0.2, 0.25) is 5.82 Å². The van der Waals surface area contributed by atoms with E-state index < -0.39 is 34.8 Å². The highest BCUT2D eigenvalue weighted by Gasteiger charge is 2.28. The molecule has 2 N–H and O–H groups in total. The molecule has 0 aliphatic heterocycles. The zero-order valence-corrected chi connectivity index (χ0v) is 10.4. The maximum absolute atomic E-state index is 13.6. The Kier molecular flexibility index (Phi) is 5.53. The van der Waals surface area contributed by atoms with Crippen LogP contribution in [-0.4, -0.2) is 19.6 Å². The third kappa shape index (κ3) is 3.15. The van der Waals surface area contributed by atoms with Crippen LogP contribution in [0.25, 0.3) is 0 Å². The number of hydrogen-bond donors (Lipinski definition) is 1. The van der Waals surface area contributed by atoms with Crippen molar-refractivity contribution in [2.45, 2.75) is 19.8 Å². The zero-order chi connectivity index (χ0) is 14.6. The van der Waals surface area contributed by atoms with Gasteiger partial charge in [-0.1, -0.05) is 6.92 Å². The van der Waals surface area contributed by atoms with E-state index in [0.717, 1.165) is 4.90 Å². The van der Waals surface area contributed by atoms with E-state index in [4.69, 9.17) is 5.73 Å². The molecule has 0 atom stereocenters. The van der Waals surface area contributed by atoms with Crippen LogP contribution in [-0.2, 0) is 0 Å². The highest BCUT2D eigenvalue weighted by atomic mass is 19.2. The van der Waals surface area contributed by atoms with Gasteiger partial charge in [-0.25, -0.2) is 22.0 Å². The molecule has 108 valence electrons. The fraction of sp³-hybridized carbons (Fsp3) is 0.500. The van der Waals surface area contributed by atoms with Gasteiger partial charge in [-0.05, 0) is 19.4 Å². The van der Waals surface area contributed by atoms with E-state index in [0.29, 0.717) is 12.8 Å². The van der Waals surface area contributed by atoms with Crippen molar-refractivity contribution < 1.29 is 22.0 Å². The summed E-state index contributed by atoms with van der Waals surface area (Å²) >= 11 is 0. The van der Waals surface area contributed by atoms with Gasteiger partial charge in [0, 0.05) is 13.1 Å². The third-order valence-electron chi connectivity index (χ3n) is 2.63. The Morgan fingerprint density at radius 1 is 0.842 bits per heavy atom. The molecule has 0 spiro atoms. The minimum absolute atomic E-state index is 0.128. The van der Waals surface area contributed by atoms with Gasteiger partial charge < -0.3 is 10.6 Å². The quantitative estimate of drug-likeness (QED) is 0.494. The molecule has 0 radical (unpaired) electrons. The van der Waals surface area contributed by atoms with E-state index in [1.54, 1.807) is 6.92 Å². The average molecular weight is 282 g/mol. The number of halogens is 5. The predicted molar refractivity (Wildman–Crippen MR) is 62.4 cm³/mol. The van der Waals surface area contributed by atoms with Crippen molar-refractivity contribution in [3.63, 3.8) is 0 Å². The van der Waals surface area contributed by atoms with Crippen molar-refractivity contribution in [2.75, 3.05) is 24.5 Å². The van der Waals surface area contributed by atoms with Crippen LogP contribution in [0.1, 0.15) is 19.8 Å². The van der Waals surface area contributed by atoms with Crippen LogP contribution in [0.15, 0.2) is 0 Å².